The second-order valence-corrected chi connectivity index (χ2v) is 7.82. The van der Waals surface area contributed by atoms with Crippen LogP contribution in [0.3, 0.4) is 0 Å². The summed E-state index contributed by atoms with van der Waals surface area (Å²) >= 11 is 12.2. The Morgan fingerprint density at radius 3 is 2.72 bits per heavy atom. The van der Waals surface area contributed by atoms with Gasteiger partial charge in [0, 0.05) is 29.7 Å². The largest absolute Gasteiger partial charge is 0.361 e. The molecule has 0 bridgehead atoms. The predicted molar refractivity (Wildman–Crippen MR) is 118 cm³/mol. The summed E-state index contributed by atoms with van der Waals surface area (Å²) in [6, 6.07) is 15.1. The number of nitrogens with zero attached hydrogens (tertiary/aromatic N) is 1. The van der Waals surface area contributed by atoms with Gasteiger partial charge in [-0.25, -0.2) is 4.98 Å². The van der Waals surface area contributed by atoms with Crippen LogP contribution in [0.4, 0.5) is 0 Å². The van der Waals surface area contributed by atoms with E-state index < -0.39 is 0 Å². The summed E-state index contributed by atoms with van der Waals surface area (Å²) < 4.78 is 0. The molecule has 7 heteroatoms. The first-order valence-electron chi connectivity index (χ1n) is 9.30. The molecule has 0 radical (unpaired) electrons. The third-order valence-electron chi connectivity index (χ3n) is 4.87. The molecule has 0 saturated heterocycles. The lowest BCUT2D eigenvalue weighted by Crippen LogP contribution is -2.26. The summed E-state index contributed by atoms with van der Waals surface area (Å²) in [7, 11) is 0. The van der Waals surface area contributed by atoms with Crippen molar-refractivity contribution in [2.24, 2.45) is 0 Å². The summed E-state index contributed by atoms with van der Waals surface area (Å²) in [4.78, 5) is 22.6. The molecule has 2 aromatic heterocycles. The number of aromatic amines is 2. The van der Waals surface area contributed by atoms with E-state index in [0.29, 0.717) is 34.5 Å². The lowest BCUT2D eigenvalue weighted by molar-refractivity contribution is 0.516. The van der Waals surface area contributed by atoms with Crippen LogP contribution in [0.5, 0.6) is 0 Å². The van der Waals surface area contributed by atoms with Crippen molar-refractivity contribution >= 4 is 34.1 Å². The van der Waals surface area contributed by atoms with Crippen LogP contribution in [0.15, 0.2) is 59.5 Å². The van der Waals surface area contributed by atoms with Gasteiger partial charge in [-0.15, -0.1) is 0 Å². The van der Waals surface area contributed by atoms with Crippen molar-refractivity contribution < 1.29 is 0 Å². The van der Waals surface area contributed by atoms with E-state index in [1.165, 1.54) is 0 Å². The number of benzene rings is 2. The van der Waals surface area contributed by atoms with Crippen LogP contribution in [0.1, 0.15) is 28.7 Å². The number of halogens is 2. The van der Waals surface area contributed by atoms with Gasteiger partial charge in [-0.3, -0.25) is 4.79 Å². The molecular formula is C22H20Cl2N4O. The Kier molecular flexibility index (Phi) is 5.72. The minimum atomic E-state index is -0.159. The summed E-state index contributed by atoms with van der Waals surface area (Å²) in [6.45, 7) is 2.35. The van der Waals surface area contributed by atoms with Gasteiger partial charge in [0.2, 0.25) is 0 Å². The number of hydrogen-bond acceptors (Lipinski definition) is 3. The van der Waals surface area contributed by atoms with E-state index in [1.807, 2.05) is 36.5 Å². The average Bonchev–Trinajstić information content (AvgIpc) is 3.10. The molecule has 4 rings (SSSR count). The summed E-state index contributed by atoms with van der Waals surface area (Å²) in [5.41, 5.74) is 3.79. The highest BCUT2D eigenvalue weighted by molar-refractivity contribution is 6.42. The highest BCUT2D eigenvalue weighted by Gasteiger charge is 2.17. The molecule has 148 valence electrons. The van der Waals surface area contributed by atoms with E-state index in [-0.39, 0.29) is 11.6 Å². The maximum absolute atomic E-state index is 12.0. The first-order chi connectivity index (χ1) is 14.0. The smallest absolute Gasteiger partial charge is 0.251 e. The highest BCUT2D eigenvalue weighted by atomic mass is 35.5. The molecule has 0 aliphatic heterocycles. The number of hydrogen-bond donors (Lipinski definition) is 3. The Bertz CT molecular complexity index is 1210. The number of aryl methyl sites for hydroxylation is 1. The Hall–Kier alpha value is -2.60. The van der Waals surface area contributed by atoms with E-state index in [1.54, 1.807) is 19.1 Å². The van der Waals surface area contributed by atoms with Crippen LogP contribution >= 0.6 is 23.2 Å². The molecule has 0 fully saturated rings. The van der Waals surface area contributed by atoms with Crippen molar-refractivity contribution in [2.75, 3.05) is 0 Å². The quantitative estimate of drug-likeness (QED) is 0.408. The third-order valence-corrected chi connectivity index (χ3v) is 5.61. The van der Waals surface area contributed by atoms with Crippen LogP contribution < -0.4 is 10.9 Å². The molecule has 2 aromatic carbocycles. The predicted octanol–water partition coefficient (Wildman–Crippen LogP) is 4.94. The zero-order valence-electron chi connectivity index (χ0n) is 15.8. The number of nitrogens with one attached hydrogen (secondary N) is 3. The fraction of sp³-hybridized carbons (Fsp3) is 0.182. The van der Waals surface area contributed by atoms with Gasteiger partial charge in [0.25, 0.3) is 5.56 Å². The van der Waals surface area contributed by atoms with Crippen LogP contribution in [0, 0.1) is 6.92 Å². The Balaban J connectivity index is 1.64. The van der Waals surface area contributed by atoms with Crippen molar-refractivity contribution in [3.8, 4) is 0 Å². The summed E-state index contributed by atoms with van der Waals surface area (Å²) in [6.07, 6.45) is 2.69. The number of H-pyrrole nitrogens is 2. The molecule has 0 unspecified atom stereocenters. The van der Waals surface area contributed by atoms with E-state index in [0.717, 1.165) is 22.0 Å². The molecule has 29 heavy (non-hydrogen) atoms. The van der Waals surface area contributed by atoms with Crippen molar-refractivity contribution in [1.29, 1.82) is 0 Å². The minimum Gasteiger partial charge on any atom is -0.361 e. The molecule has 5 nitrogen and oxygen atoms in total. The van der Waals surface area contributed by atoms with Gasteiger partial charge in [0.05, 0.1) is 21.8 Å². The minimum absolute atomic E-state index is 0.148. The van der Waals surface area contributed by atoms with Gasteiger partial charge in [0.15, 0.2) is 0 Å². The Morgan fingerprint density at radius 2 is 1.93 bits per heavy atom. The lowest BCUT2D eigenvalue weighted by atomic mass is 10.0. The van der Waals surface area contributed by atoms with E-state index in [9.17, 15) is 4.79 Å². The van der Waals surface area contributed by atoms with Crippen LogP contribution in [0.2, 0.25) is 10.0 Å². The van der Waals surface area contributed by atoms with Gasteiger partial charge in [-0.05, 0) is 42.7 Å². The van der Waals surface area contributed by atoms with Gasteiger partial charge >= 0.3 is 0 Å². The summed E-state index contributed by atoms with van der Waals surface area (Å²) in [5.74, 6) is 0.591. The lowest BCUT2D eigenvalue weighted by Gasteiger charge is -2.19. The van der Waals surface area contributed by atoms with E-state index in [2.05, 4.69) is 26.3 Å². The maximum Gasteiger partial charge on any atom is 0.251 e. The normalized spacial score (nSPS) is 12.4. The second kappa shape index (κ2) is 8.41. The fourth-order valence-corrected chi connectivity index (χ4v) is 3.79. The topological polar surface area (TPSA) is 73.6 Å². The second-order valence-electron chi connectivity index (χ2n) is 7.00. The zero-order valence-corrected chi connectivity index (χ0v) is 17.3. The van der Waals surface area contributed by atoms with Crippen molar-refractivity contribution in [1.82, 2.24) is 20.3 Å². The van der Waals surface area contributed by atoms with Gasteiger partial charge in [-0.1, -0.05) is 47.5 Å². The molecular weight excluding hydrogens is 407 g/mol. The molecule has 0 aliphatic rings. The molecule has 0 spiro atoms. The van der Waals surface area contributed by atoms with Crippen molar-refractivity contribution in [3.63, 3.8) is 0 Å². The number of aromatic nitrogens is 3. The molecule has 0 aliphatic carbocycles. The highest BCUT2D eigenvalue weighted by Crippen LogP contribution is 2.25. The Labute approximate surface area is 178 Å². The molecule has 0 saturated carbocycles. The monoisotopic (exact) mass is 426 g/mol. The van der Waals surface area contributed by atoms with Crippen molar-refractivity contribution in [3.05, 3.63) is 97.8 Å². The number of para-hydroxylation sites is 1. The molecule has 4 aromatic rings. The van der Waals surface area contributed by atoms with Crippen LogP contribution in [-0.2, 0) is 13.0 Å². The Morgan fingerprint density at radius 1 is 1.10 bits per heavy atom. The molecule has 0 amide bonds. The average molecular weight is 427 g/mol. The van der Waals surface area contributed by atoms with Crippen LogP contribution in [0.25, 0.3) is 10.9 Å². The molecule has 2 heterocycles. The maximum atomic E-state index is 12.0. The van der Waals surface area contributed by atoms with E-state index >= 15 is 0 Å². The first-order valence-corrected chi connectivity index (χ1v) is 10.1. The molecule has 1 atom stereocenters. The van der Waals surface area contributed by atoms with Gasteiger partial charge in [0.1, 0.15) is 5.82 Å². The number of rotatable bonds is 6. The van der Waals surface area contributed by atoms with Crippen molar-refractivity contribution in [2.45, 2.75) is 25.9 Å². The summed E-state index contributed by atoms with van der Waals surface area (Å²) in [5, 5.41) is 5.73. The van der Waals surface area contributed by atoms with Gasteiger partial charge < -0.3 is 15.3 Å². The molecule has 3 N–H and O–H groups in total. The fourth-order valence-electron chi connectivity index (χ4n) is 3.47. The first kappa shape index (κ1) is 19.7. The third kappa shape index (κ3) is 4.53. The SMILES string of the molecule is Cc1nc([C@@H](Cc2c[nH]c3ccccc23)NCc2ccc(Cl)c(Cl)c2)cc(=O)[nH]1. The van der Waals surface area contributed by atoms with Gasteiger partial charge in [-0.2, -0.15) is 0 Å². The van der Waals surface area contributed by atoms with E-state index in [4.69, 9.17) is 23.2 Å². The van der Waals surface area contributed by atoms with Crippen LogP contribution in [-0.4, -0.2) is 15.0 Å². The zero-order chi connectivity index (χ0) is 20.4. The standard InChI is InChI=1S/C22H20Cl2N4O/c1-13-27-21(10-22(29)28-13)20(25-11-14-6-7-17(23)18(24)8-14)9-15-12-26-19-5-3-2-4-16(15)19/h2-8,10,12,20,25-26H,9,11H2,1H3,(H,27,28,29)/t20-/m1/s1. The number of fused-ring (bicyclic) bond motifs is 1.